The van der Waals surface area contributed by atoms with Crippen LogP contribution < -0.4 is 15.4 Å². The zero-order valence-electron chi connectivity index (χ0n) is 18.0. The number of hydrogen-bond donors (Lipinski definition) is 2. The van der Waals surface area contributed by atoms with E-state index < -0.39 is 0 Å². The lowest BCUT2D eigenvalue weighted by molar-refractivity contribution is 0.215. The van der Waals surface area contributed by atoms with Crippen molar-refractivity contribution in [1.82, 2.24) is 20.2 Å². The summed E-state index contributed by atoms with van der Waals surface area (Å²) in [5.74, 6) is 2.83. The molecule has 0 saturated carbocycles. The van der Waals surface area contributed by atoms with Gasteiger partial charge in [-0.2, -0.15) is 0 Å². The zero-order valence-corrected chi connectivity index (χ0v) is 18.0. The van der Waals surface area contributed by atoms with E-state index in [-0.39, 0.29) is 6.10 Å². The van der Waals surface area contributed by atoms with Crippen molar-refractivity contribution in [3.63, 3.8) is 0 Å². The second-order valence-corrected chi connectivity index (χ2v) is 7.18. The lowest BCUT2D eigenvalue weighted by Gasteiger charge is -2.18. The first-order valence-electron chi connectivity index (χ1n) is 10.2. The number of aromatic nitrogens is 2. The van der Waals surface area contributed by atoms with Crippen molar-refractivity contribution in [1.29, 1.82) is 0 Å². The molecule has 0 amide bonds. The van der Waals surface area contributed by atoms with Crippen LogP contribution in [0.2, 0.25) is 0 Å². The van der Waals surface area contributed by atoms with Crippen molar-refractivity contribution < 1.29 is 4.74 Å². The first kappa shape index (κ1) is 21.8. The standard InChI is InChI=1S/C22H35N5O/c1-6-18(3)28-21-15-17(2)9-10-20(21)16-26-22(23-5)25-11-7-8-13-27-14-12-24-19(27)4/h9-10,12,14-15,18H,6-8,11,13,16H2,1-5H3,(H2,23,25,26). The van der Waals surface area contributed by atoms with Crippen molar-refractivity contribution in [3.05, 3.63) is 47.5 Å². The second-order valence-electron chi connectivity index (χ2n) is 7.18. The van der Waals surface area contributed by atoms with Crippen molar-refractivity contribution in [2.75, 3.05) is 13.6 Å². The second kappa shape index (κ2) is 11.4. The Morgan fingerprint density at radius 3 is 2.75 bits per heavy atom. The molecule has 0 spiro atoms. The predicted octanol–water partition coefficient (Wildman–Crippen LogP) is 3.82. The Balaban J connectivity index is 1.78. The third kappa shape index (κ3) is 6.91. The van der Waals surface area contributed by atoms with E-state index in [1.54, 1.807) is 7.05 Å². The van der Waals surface area contributed by atoms with Gasteiger partial charge >= 0.3 is 0 Å². The molecule has 1 unspecified atom stereocenters. The van der Waals surface area contributed by atoms with E-state index in [1.807, 2.05) is 19.3 Å². The van der Waals surface area contributed by atoms with E-state index >= 15 is 0 Å². The van der Waals surface area contributed by atoms with E-state index in [0.29, 0.717) is 6.54 Å². The molecule has 6 heteroatoms. The molecule has 1 atom stereocenters. The summed E-state index contributed by atoms with van der Waals surface area (Å²) in [7, 11) is 1.80. The van der Waals surface area contributed by atoms with Gasteiger partial charge in [0.25, 0.3) is 0 Å². The summed E-state index contributed by atoms with van der Waals surface area (Å²) in [5.41, 5.74) is 2.35. The minimum atomic E-state index is 0.206. The summed E-state index contributed by atoms with van der Waals surface area (Å²) in [6, 6.07) is 6.35. The lowest BCUT2D eigenvalue weighted by atomic mass is 10.1. The highest BCUT2D eigenvalue weighted by atomic mass is 16.5. The molecular formula is C22H35N5O. The predicted molar refractivity (Wildman–Crippen MR) is 116 cm³/mol. The average molecular weight is 386 g/mol. The van der Waals surface area contributed by atoms with Crippen LogP contribution in [0.3, 0.4) is 0 Å². The van der Waals surface area contributed by atoms with Gasteiger partial charge in [-0.15, -0.1) is 0 Å². The summed E-state index contributed by atoms with van der Waals surface area (Å²) in [5, 5.41) is 6.78. The number of unbranched alkanes of at least 4 members (excludes halogenated alkanes) is 1. The number of imidazole rings is 1. The molecule has 0 radical (unpaired) electrons. The number of aryl methyl sites for hydroxylation is 3. The zero-order chi connectivity index (χ0) is 20.4. The molecular weight excluding hydrogens is 350 g/mol. The van der Waals surface area contributed by atoms with Gasteiger partial charge in [0.15, 0.2) is 5.96 Å². The molecule has 1 aromatic carbocycles. The van der Waals surface area contributed by atoms with Crippen LogP contribution in [0.15, 0.2) is 35.6 Å². The van der Waals surface area contributed by atoms with E-state index in [0.717, 1.165) is 55.4 Å². The normalized spacial score (nSPS) is 12.7. The monoisotopic (exact) mass is 385 g/mol. The van der Waals surface area contributed by atoms with Gasteiger partial charge in [0.2, 0.25) is 0 Å². The Morgan fingerprint density at radius 1 is 1.25 bits per heavy atom. The minimum Gasteiger partial charge on any atom is -0.490 e. The summed E-state index contributed by atoms with van der Waals surface area (Å²) in [6.07, 6.45) is 7.25. The quantitative estimate of drug-likeness (QED) is 0.371. The van der Waals surface area contributed by atoms with Gasteiger partial charge in [-0.1, -0.05) is 19.1 Å². The van der Waals surface area contributed by atoms with Gasteiger partial charge in [0.1, 0.15) is 11.6 Å². The van der Waals surface area contributed by atoms with E-state index in [4.69, 9.17) is 4.74 Å². The molecule has 2 rings (SSSR count). The summed E-state index contributed by atoms with van der Waals surface area (Å²) >= 11 is 0. The molecule has 0 aliphatic heterocycles. The van der Waals surface area contributed by atoms with Crippen LogP contribution in [-0.2, 0) is 13.1 Å². The Hall–Kier alpha value is -2.50. The first-order chi connectivity index (χ1) is 13.5. The van der Waals surface area contributed by atoms with Crippen LogP contribution in [0, 0.1) is 13.8 Å². The highest BCUT2D eigenvalue weighted by molar-refractivity contribution is 5.79. The van der Waals surface area contributed by atoms with Crippen molar-refractivity contribution >= 4 is 5.96 Å². The molecule has 0 saturated heterocycles. The molecule has 0 bridgehead atoms. The number of aliphatic imine (C=N–C) groups is 1. The fraction of sp³-hybridized carbons (Fsp3) is 0.545. The van der Waals surface area contributed by atoms with Crippen LogP contribution in [0.4, 0.5) is 0 Å². The molecule has 154 valence electrons. The van der Waals surface area contributed by atoms with E-state index in [9.17, 15) is 0 Å². The van der Waals surface area contributed by atoms with Crippen LogP contribution in [0.1, 0.15) is 50.1 Å². The van der Waals surface area contributed by atoms with Gasteiger partial charge in [-0.25, -0.2) is 4.98 Å². The van der Waals surface area contributed by atoms with Crippen LogP contribution in [0.25, 0.3) is 0 Å². The largest absolute Gasteiger partial charge is 0.490 e. The summed E-state index contributed by atoms with van der Waals surface area (Å²) in [6.45, 7) is 10.9. The van der Waals surface area contributed by atoms with Crippen molar-refractivity contribution in [3.8, 4) is 5.75 Å². The molecule has 2 aromatic rings. The SMILES string of the molecule is CCC(C)Oc1cc(C)ccc1CNC(=NC)NCCCCn1ccnc1C. The van der Waals surface area contributed by atoms with E-state index in [1.165, 1.54) is 5.56 Å². The van der Waals surface area contributed by atoms with Gasteiger partial charge in [-0.05, 0) is 51.7 Å². The summed E-state index contributed by atoms with van der Waals surface area (Å²) in [4.78, 5) is 8.58. The average Bonchev–Trinajstić information content (AvgIpc) is 3.09. The van der Waals surface area contributed by atoms with Crippen LogP contribution in [-0.4, -0.2) is 35.2 Å². The fourth-order valence-corrected chi connectivity index (χ4v) is 2.87. The van der Waals surface area contributed by atoms with Gasteiger partial charge in [0, 0.05) is 44.6 Å². The number of nitrogens with one attached hydrogen (secondary N) is 2. The maximum Gasteiger partial charge on any atom is 0.191 e. The smallest absolute Gasteiger partial charge is 0.191 e. The number of rotatable bonds is 10. The molecule has 28 heavy (non-hydrogen) atoms. The molecule has 0 aliphatic carbocycles. The Morgan fingerprint density at radius 2 is 2.07 bits per heavy atom. The minimum absolute atomic E-state index is 0.206. The van der Waals surface area contributed by atoms with Crippen LogP contribution in [0.5, 0.6) is 5.75 Å². The number of nitrogens with zero attached hydrogens (tertiary/aromatic N) is 3. The first-order valence-corrected chi connectivity index (χ1v) is 10.2. The lowest BCUT2D eigenvalue weighted by Crippen LogP contribution is -2.37. The Kier molecular flexibility index (Phi) is 8.85. The number of benzene rings is 1. The number of hydrogen-bond acceptors (Lipinski definition) is 3. The highest BCUT2D eigenvalue weighted by Gasteiger charge is 2.08. The summed E-state index contributed by atoms with van der Waals surface area (Å²) < 4.78 is 8.28. The topological polar surface area (TPSA) is 63.5 Å². The van der Waals surface area contributed by atoms with E-state index in [2.05, 4.69) is 64.1 Å². The fourth-order valence-electron chi connectivity index (χ4n) is 2.87. The van der Waals surface area contributed by atoms with Crippen molar-refractivity contribution in [2.45, 2.75) is 66.2 Å². The molecule has 1 aromatic heterocycles. The molecule has 0 fully saturated rings. The van der Waals surface area contributed by atoms with Gasteiger partial charge < -0.3 is 19.9 Å². The highest BCUT2D eigenvalue weighted by Crippen LogP contribution is 2.22. The third-order valence-corrected chi connectivity index (χ3v) is 4.84. The number of guanidine groups is 1. The van der Waals surface area contributed by atoms with Gasteiger partial charge in [0.05, 0.1) is 6.10 Å². The third-order valence-electron chi connectivity index (χ3n) is 4.84. The maximum atomic E-state index is 6.09. The van der Waals surface area contributed by atoms with Crippen LogP contribution >= 0.6 is 0 Å². The molecule has 2 N–H and O–H groups in total. The number of ether oxygens (including phenoxy) is 1. The molecule has 6 nitrogen and oxygen atoms in total. The maximum absolute atomic E-state index is 6.09. The van der Waals surface area contributed by atoms with Gasteiger partial charge in [-0.3, -0.25) is 4.99 Å². The molecule has 0 aliphatic rings. The Labute approximate surface area is 169 Å². The Bertz CT molecular complexity index is 753. The van der Waals surface area contributed by atoms with Crippen molar-refractivity contribution in [2.24, 2.45) is 4.99 Å². The molecule has 1 heterocycles.